The highest BCUT2D eigenvalue weighted by Gasteiger charge is 2.25. The Labute approximate surface area is 148 Å². The average molecular weight is 353 g/mol. The molecule has 0 aromatic carbocycles. The predicted molar refractivity (Wildman–Crippen MR) is 102 cm³/mol. The Balaban J connectivity index is 1.66. The maximum Gasteiger partial charge on any atom is 0.191 e. The number of likely N-dealkylation sites (tertiary alicyclic amines) is 1. The number of nitrogens with zero attached hydrogens (tertiary/aromatic N) is 3. The molecule has 6 heteroatoms. The zero-order valence-electron chi connectivity index (χ0n) is 14.0. The molecule has 1 unspecified atom stereocenters. The van der Waals surface area contributed by atoms with Gasteiger partial charge in [-0.25, -0.2) is 0 Å². The molecule has 0 radical (unpaired) electrons. The minimum Gasteiger partial charge on any atom is -0.370 e. The molecule has 3 heterocycles. The maximum atomic E-state index is 6.25. The lowest BCUT2D eigenvalue weighted by atomic mass is 9.97. The molecule has 1 aromatic rings. The normalized spacial score (nSPS) is 23.2. The van der Waals surface area contributed by atoms with Gasteiger partial charge in [-0.05, 0) is 43.3 Å². The van der Waals surface area contributed by atoms with Crippen LogP contribution in [0.4, 0.5) is 0 Å². The summed E-state index contributed by atoms with van der Waals surface area (Å²) in [6, 6.07) is 4.78. The Hall–Kier alpha value is -0.720. The second-order valence-electron chi connectivity index (χ2n) is 6.55. The fourth-order valence-electron chi connectivity index (χ4n) is 3.28. The Morgan fingerprint density at radius 1 is 1.30 bits per heavy atom. The largest absolute Gasteiger partial charge is 0.370 e. The molecule has 4 nitrogen and oxygen atoms in total. The van der Waals surface area contributed by atoms with Crippen molar-refractivity contribution in [3.05, 3.63) is 22.4 Å². The van der Waals surface area contributed by atoms with E-state index in [1.54, 1.807) is 0 Å². The van der Waals surface area contributed by atoms with E-state index in [0.717, 1.165) is 43.0 Å². The molecule has 2 N–H and O–H groups in total. The van der Waals surface area contributed by atoms with Gasteiger partial charge in [0.25, 0.3) is 0 Å². The van der Waals surface area contributed by atoms with Crippen molar-refractivity contribution in [2.24, 2.45) is 16.6 Å². The molecule has 2 fully saturated rings. The van der Waals surface area contributed by atoms with Crippen molar-refractivity contribution in [2.45, 2.75) is 25.8 Å². The third kappa shape index (κ3) is 4.64. The van der Waals surface area contributed by atoms with Gasteiger partial charge in [0.1, 0.15) is 0 Å². The van der Waals surface area contributed by atoms with Gasteiger partial charge in [0.15, 0.2) is 5.96 Å². The number of thioether (sulfide) groups is 1. The van der Waals surface area contributed by atoms with Gasteiger partial charge in [0.05, 0.1) is 12.6 Å². The number of guanidine groups is 1. The van der Waals surface area contributed by atoms with E-state index in [2.05, 4.69) is 34.2 Å². The lowest BCUT2D eigenvalue weighted by Crippen LogP contribution is -2.43. The summed E-state index contributed by atoms with van der Waals surface area (Å²) in [6.07, 6.45) is 2.59. The van der Waals surface area contributed by atoms with E-state index in [-0.39, 0.29) is 0 Å². The van der Waals surface area contributed by atoms with Crippen LogP contribution in [0.15, 0.2) is 22.5 Å². The van der Waals surface area contributed by atoms with Crippen LogP contribution in [-0.2, 0) is 0 Å². The van der Waals surface area contributed by atoms with Gasteiger partial charge in [-0.3, -0.25) is 9.89 Å². The van der Waals surface area contributed by atoms with Crippen molar-refractivity contribution in [1.82, 2.24) is 9.80 Å². The molecule has 0 amide bonds. The average Bonchev–Trinajstić information content (AvgIpc) is 3.11. The van der Waals surface area contributed by atoms with E-state index in [9.17, 15) is 0 Å². The highest BCUT2D eigenvalue weighted by molar-refractivity contribution is 7.99. The van der Waals surface area contributed by atoms with E-state index < -0.39 is 0 Å². The van der Waals surface area contributed by atoms with E-state index in [1.807, 2.05) is 23.1 Å². The van der Waals surface area contributed by atoms with Crippen LogP contribution in [0.1, 0.15) is 30.7 Å². The Morgan fingerprint density at radius 2 is 2.04 bits per heavy atom. The van der Waals surface area contributed by atoms with Crippen molar-refractivity contribution < 1.29 is 0 Å². The standard InChI is InChI=1S/C17H28N4S2/c1-14-4-6-20(7-5-14)15(16-3-2-10-23-16)13-19-17(18)21-8-11-22-12-9-21/h2-3,10,14-15H,4-9,11-13H2,1H3,(H2,18,19). The first kappa shape index (κ1) is 17.1. The Kier molecular flexibility index (Phi) is 6.25. The van der Waals surface area contributed by atoms with Crippen molar-refractivity contribution >= 4 is 29.1 Å². The Morgan fingerprint density at radius 3 is 2.70 bits per heavy atom. The Bertz CT molecular complexity index is 489. The molecule has 3 rings (SSSR count). The van der Waals surface area contributed by atoms with Crippen LogP contribution < -0.4 is 5.73 Å². The molecule has 128 valence electrons. The lowest BCUT2D eigenvalue weighted by Gasteiger charge is -2.36. The number of thiophene rings is 1. The van der Waals surface area contributed by atoms with Crippen LogP contribution in [0.2, 0.25) is 0 Å². The lowest BCUT2D eigenvalue weighted by molar-refractivity contribution is 0.143. The molecule has 0 bridgehead atoms. The number of hydrogen-bond acceptors (Lipinski definition) is 4. The van der Waals surface area contributed by atoms with E-state index in [0.29, 0.717) is 6.04 Å². The number of aliphatic imine (C=N–C) groups is 1. The van der Waals surface area contributed by atoms with E-state index in [1.165, 1.54) is 30.8 Å². The topological polar surface area (TPSA) is 44.9 Å². The first-order chi connectivity index (χ1) is 11.2. The highest BCUT2D eigenvalue weighted by Crippen LogP contribution is 2.29. The summed E-state index contributed by atoms with van der Waals surface area (Å²) >= 11 is 3.85. The van der Waals surface area contributed by atoms with Crippen molar-refractivity contribution in [3.63, 3.8) is 0 Å². The molecular weight excluding hydrogens is 324 g/mol. The molecule has 0 aliphatic carbocycles. The summed E-state index contributed by atoms with van der Waals surface area (Å²) < 4.78 is 0. The second kappa shape index (κ2) is 8.40. The smallest absolute Gasteiger partial charge is 0.191 e. The van der Waals surface area contributed by atoms with Crippen LogP contribution in [0.3, 0.4) is 0 Å². The zero-order valence-corrected chi connectivity index (χ0v) is 15.6. The van der Waals surface area contributed by atoms with Gasteiger partial charge < -0.3 is 10.6 Å². The first-order valence-corrected chi connectivity index (χ1v) is 10.7. The fraction of sp³-hybridized carbons (Fsp3) is 0.706. The van der Waals surface area contributed by atoms with E-state index in [4.69, 9.17) is 10.7 Å². The van der Waals surface area contributed by atoms with E-state index >= 15 is 0 Å². The van der Waals surface area contributed by atoms with Gasteiger partial charge in [0.2, 0.25) is 0 Å². The molecular formula is C17H28N4S2. The summed E-state index contributed by atoms with van der Waals surface area (Å²) in [5.41, 5.74) is 6.25. The summed E-state index contributed by atoms with van der Waals surface area (Å²) in [7, 11) is 0. The number of piperidine rings is 1. The van der Waals surface area contributed by atoms with Crippen LogP contribution in [0.5, 0.6) is 0 Å². The summed E-state index contributed by atoms with van der Waals surface area (Å²) in [5.74, 6) is 3.91. The number of hydrogen-bond donors (Lipinski definition) is 1. The predicted octanol–water partition coefficient (Wildman–Crippen LogP) is 2.88. The molecule has 2 aliphatic heterocycles. The van der Waals surface area contributed by atoms with Gasteiger partial charge in [0, 0.05) is 29.5 Å². The van der Waals surface area contributed by atoms with Crippen LogP contribution >= 0.6 is 23.1 Å². The third-order valence-electron chi connectivity index (χ3n) is 4.89. The SMILES string of the molecule is CC1CCN(C(CN=C(N)N2CCSCC2)c2cccs2)CC1. The van der Waals surface area contributed by atoms with Crippen molar-refractivity contribution in [3.8, 4) is 0 Å². The highest BCUT2D eigenvalue weighted by atomic mass is 32.2. The maximum absolute atomic E-state index is 6.25. The van der Waals surface area contributed by atoms with Gasteiger partial charge in [-0.2, -0.15) is 11.8 Å². The molecule has 0 spiro atoms. The van der Waals surface area contributed by atoms with Crippen molar-refractivity contribution in [2.75, 3.05) is 44.2 Å². The first-order valence-electron chi connectivity index (χ1n) is 8.64. The minimum atomic E-state index is 0.389. The molecule has 2 saturated heterocycles. The van der Waals surface area contributed by atoms with Gasteiger partial charge >= 0.3 is 0 Å². The van der Waals surface area contributed by atoms with Crippen LogP contribution in [0.25, 0.3) is 0 Å². The summed E-state index contributed by atoms with van der Waals surface area (Å²) in [4.78, 5) is 11.0. The molecule has 2 aliphatic rings. The second-order valence-corrected chi connectivity index (χ2v) is 8.75. The fourth-order valence-corrected chi connectivity index (χ4v) is 5.03. The number of nitrogens with two attached hydrogens (primary N) is 1. The summed E-state index contributed by atoms with van der Waals surface area (Å²) in [5, 5.41) is 2.17. The quantitative estimate of drug-likeness (QED) is 0.668. The van der Waals surface area contributed by atoms with Crippen LogP contribution in [0, 0.1) is 5.92 Å². The minimum absolute atomic E-state index is 0.389. The molecule has 1 aromatic heterocycles. The summed E-state index contributed by atoms with van der Waals surface area (Å²) in [6.45, 7) is 7.57. The third-order valence-corrected chi connectivity index (χ3v) is 6.81. The molecule has 0 saturated carbocycles. The monoisotopic (exact) mass is 352 g/mol. The zero-order chi connectivity index (χ0) is 16.1. The molecule has 23 heavy (non-hydrogen) atoms. The van der Waals surface area contributed by atoms with Gasteiger partial charge in [-0.15, -0.1) is 11.3 Å². The van der Waals surface area contributed by atoms with Gasteiger partial charge in [-0.1, -0.05) is 13.0 Å². The van der Waals surface area contributed by atoms with Crippen LogP contribution in [-0.4, -0.2) is 60.0 Å². The molecule has 1 atom stereocenters. The van der Waals surface area contributed by atoms with Crippen molar-refractivity contribution in [1.29, 1.82) is 0 Å². The number of rotatable bonds is 4.